The van der Waals surface area contributed by atoms with E-state index in [0.29, 0.717) is 12.1 Å². The largest absolute Gasteiger partial charge is 0.378 e. The van der Waals surface area contributed by atoms with Crippen LogP contribution < -0.4 is 10.2 Å². The summed E-state index contributed by atoms with van der Waals surface area (Å²) in [5, 5.41) is 4.72. The molecule has 2 fully saturated rings. The van der Waals surface area contributed by atoms with E-state index >= 15 is 0 Å². The summed E-state index contributed by atoms with van der Waals surface area (Å²) in [4.78, 5) is 17.2. The lowest BCUT2D eigenvalue weighted by Crippen LogP contribution is -2.51. The van der Waals surface area contributed by atoms with Crippen molar-refractivity contribution in [3.8, 4) is 10.6 Å². The highest BCUT2D eigenvalue weighted by Gasteiger charge is 2.28. The second kappa shape index (κ2) is 6.14. The maximum Gasteiger partial charge on any atom is 0.225 e. The van der Waals surface area contributed by atoms with Gasteiger partial charge in [-0.25, -0.2) is 15.0 Å². The van der Waals surface area contributed by atoms with Crippen LogP contribution in [0.15, 0.2) is 12.3 Å². The molecule has 2 aliphatic heterocycles. The van der Waals surface area contributed by atoms with Gasteiger partial charge in [-0.05, 0) is 26.3 Å². The maximum atomic E-state index is 5.23. The highest BCUT2D eigenvalue weighted by Crippen LogP contribution is 2.29. The van der Waals surface area contributed by atoms with Crippen molar-refractivity contribution in [3.05, 3.63) is 23.0 Å². The van der Waals surface area contributed by atoms with Crippen LogP contribution in [0.4, 0.5) is 5.95 Å². The van der Waals surface area contributed by atoms with Gasteiger partial charge >= 0.3 is 0 Å². The van der Waals surface area contributed by atoms with Gasteiger partial charge in [0.1, 0.15) is 0 Å². The SMILES string of the molecule is Cc1nc(C)c(-c2ccnc(N3CCC(NC4COC4)C3)n2)s1. The Bertz CT molecular complexity index is 700. The van der Waals surface area contributed by atoms with Crippen LogP contribution in [0.5, 0.6) is 0 Å². The minimum atomic E-state index is 0.503. The molecule has 0 aliphatic carbocycles. The third kappa shape index (κ3) is 3.08. The lowest BCUT2D eigenvalue weighted by atomic mass is 10.2. The summed E-state index contributed by atoms with van der Waals surface area (Å²) in [5.41, 5.74) is 2.02. The number of nitrogens with zero attached hydrogens (tertiary/aromatic N) is 4. The Hall–Kier alpha value is -1.57. The van der Waals surface area contributed by atoms with Crippen LogP contribution >= 0.6 is 11.3 Å². The molecule has 1 atom stereocenters. The summed E-state index contributed by atoms with van der Waals surface area (Å²) in [6, 6.07) is 3.00. The molecule has 4 heterocycles. The number of hydrogen-bond donors (Lipinski definition) is 1. The second-order valence-electron chi connectivity index (χ2n) is 6.22. The summed E-state index contributed by atoms with van der Waals surface area (Å²) < 4.78 is 5.23. The van der Waals surface area contributed by atoms with Gasteiger partial charge in [0.2, 0.25) is 5.95 Å². The Labute approximate surface area is 139 Å². The molecule has 2 aliphatic rings. The molecule has 4 rings (SSSR count). The van der Waals surface area contributed by atoms with Gasteiger partial charge < -0.3 is 15.0 Å². The topological polar surface area (TPSA) is 63.2 Å². The lowest BCUT2D eigenvalue weighted by molar-refractivity contribution is -0.00895. The molecule has 122 valence electrons. The summed E-state index contributed by atoms with van der Waals surface area (Å²) in [7, 11) is 0. The number of aromatic nitrogens is 3. The van der Waals surface area contributed by atoms with Crippen LogP contribution in [0.3, 0.4) is 0 Å². The van der Waals surface area contributed by atoms with Gasteiger partial charge in [-0.3, -0.25) is 0 Å². The average Bonchev–Trinajstić information content (AvgIpc) is 3.10. The zero-order valence-electron chi connectivity index (χ0n) is 13.5. The van der Waals surface area contributed by atoms with Gasteiger partial charge in [-0.2, -0.15) is 0 Å². The van der Waals surface area contributed by atoms with E-state index in [9.17, 15) is 0 Å². The first-order chi connectivity index (χ1) is 11.2. The quantitative estimate of drug-likeness (QED) is 0.921. The molecule has 1 unspecified atom stereocenters. The van der Waals surface area contributed by atoms with Crippen molar-refractivity contribution in [2.75, 3.05) is 31.2 Å². The molecule has 1 N–H and O–H groups in total. The van der Waals surface area contributed by atoms with Crippen molar-refractivity contribution in [1.82, 2.24) is 20.3 Å². The Morgan fingerprint density at radius 3 is 2.83 bits per heavy atom. The van der Waals surface area contributed by atoms with Crippen LogP contribution in [-0.4, -0.2) is 53.3 Å². The molecule has 6 nitrogen and oxygen atoms in total. The second-order valence-corrected chi connectivity index (χ2v) is 7.43. The van der Waals surface area contributed by atoms with Gasteiger partial charge in [0.25, 0.3) is 0 Å². The number of ether oxygens (including phenoxy) is 1. The zero-order chi connectivity index (χ0) is 15.8. The van der Waals surface area contributed by atoms with E-state index in [1.54, 1.807) is 11.3 Å². The summed E-state index contributed by atoms with van der Waals surface area (Å²) >= 11 is 1.69. The van der Waals surface area contributed by atoms with E-state index in [1.807, 2.05) is 26.1 Å². The smallest absolute Gasteiger partial charge is 0.225 e. The van der Waals surface area contributed by atoms with E-state index in [4.69, 9.17) is 9.72 Å². The summed E-state index contributed by atoms with van der Waals surface area (Å²) in [6.07, 6.45) is 2.98. The van der Waals surface area contributed by atoms with Crippen molar-refractivity contribution in [2.24, 2.45) is 0 Å². The third-order valence-corrected chi connectivity index (χ3v) is 5.45. The molecular weight excluding hydrogens is 310 g/mol. The molecule has 2 saturated heterocycles. The van der Waals surface area contributed by atoms with Crippen molar-refractivity contribution >= 4 is 17.3 Å². The molecule has 0 bridgehead atoms. The minimum Gasteiger partial charge on any atom is -0.378 e. The number of rotatable bonds is 4. The van der Waals surface area contributed by atoms with E-state index in [1.165, 1.54) is 0 Å². The fourth-order valence-corrected chi connectivity index (χ4v) is 4.03. The highest BCUT2D eigenvalue weighted by atomic mass is 32.1. The molecule has 7 heteroatoms. The predicted molar refractivity (Wildman–Crippen MR) is 91.0 cm³/mol. The Morgan fingerprint density at radius 1 is 1.26 bits per heavy atom. The van der Waals surface area contributed by atoms with Crippen molar-refractivity contribution in [2.45, 2.75) is 32.4 Å². The van der Waals surface area contributed by atoms with Crippen LogP contribution in [0, 0.1) is 13.8 Å². The summed E-state index contributed by atoms with van der Waals surface area (Å²) in [5.74, 6) is 0.821. The van der Waals surface area contributed by atoms with Gasteiger partial charge in [-0.15, -0.1) is 11.3 Å². The number of anilines is 1. The fourth-order valence-electron chi connectivity index (χ4n) is 3.14. The van der Waals surface area contributed by atoms with Crippen LogP contribution in [0.1, 0.15) is 17.1 Å². The van der Waals surface area contributed by atoms with Crippen molar-refractivity contribution in [3.63, 3.8) is 0 Å². The third-order valence-electron chi connectivity index (χ3n) is 4.36. The first kappa shape index (κ1) is 15.0. The monoisotopic (exact) mass is 331 g/mol. The maximum absolute atomic E-state index is 5.23. The highest BCUT2D eigenvalue weighted by molar-refractivity contribution is 7.15. The first-order valence-electron chi connectivity index (χ1n) is 8.05. The molecule has 0 amide bonds. The van der Waals surface area contributed by atoms with Crippen molar-refractivity contribution < 1.29 is 4.74 Å². The van der Waals surface area contributed by atoms with E-state index in [2.05, 4.69) is 20.2 Å². The van der Waals surface area contributed by atoms with Crippen LogP contribution in [0.25, 0.3) is 10.6 Å². The Kier molecular flexibility index (Phi) is 4.00. The Balaban J connectivity index is 1.49. The summed E-state index contributed by atoms with van der Waals surface area (Å²) in [6.45, 7) is 7.70. The van der Waals surface area contributed by atoms with Crippen molar-refractivity contribution in [1.29, 1.82) is 0 Å². The number of hydrogen-bond acceptors (Lipinski definition) is 7. The number of nitrogens with one attached hydrogen (secondary N) is 1. The average molecular weight is 331 g/mol. The molecule has 2 aromatic heterocycles. The normalized spacial score (nSPS) is 21.7. The number of aryl methyl sites for hydroxylation is 2. The zero-order valence-corrected chi connectivity index (χ0v) is 14.3. The van der Waals surface area contributed by atoms with E-state index in [-0.39, 0.29) is 0 Å². The molecular formula is C16H21N5OS. The molecule has 0 spiro atoms. The van der Waals surface area contributed by atoms with E-state index < -0.39 is 0 Å². The molecule has 0 radical (unpaired) electrons. The van der Waals surface area contributed by atoms with Gasteiger partial charge in [0.15, 0.2) is 0 Å². The lowest BCUT2D eigenvalue weighted by Gasteiger charge is -2.30. The van der Waals surface area contributed by atoms with Gasteiger partial charge in [-0.1, -0.05) is 0 Å². The number of thiazole rings is 1. The Morgan fingerprint density at radius 2 is 2.13 bits per heavy atom. The molecule has 23 heavy (non-hydrogen) atoms. The van der Waals surface area contributed by atoms with Gasteiger partial charge in [0.05, 0.1) is 40.5 Å². The molecule has 2 aromatic rings. The minimum absolute atomic E-state index is 0.503. The predicted octanol–water partition coefficient (Wildman–Crippen LogP) is 1.78. The van der Waals surface area contributed by atoms with Crippen LogP contribution in [0.2, 0.25) is 0 Å². The van der Waals surface area contributed by atoms with Crippen LogP contribution in [-0.2, 0) is 4.74 Å². The molecule has 0 aromatic carbocycles. The van der Waals surface area contributed by atoms with Gasteiger partial charge in [0, 0.05) is 25.3 Å². The standard InChI is InChI=1S/C16H21N5OS/c1-10-15(23-11(2)18-10)14-3-5-17-16(20-14)21-6-4-12(7-21)19-13-8-22-9-13/h3,5,12-13,19H,4,6-9H2,1-2H3. The molecule has 0 saturated carbocycles. The first-order valence-corrected chi connectivity index (χ1v) is 8.87. The fraction of sp³-hybridized carbons (Fsp3) is 0.562. The van der Waals surface area contributed by atoms with E-state index in [0.717, 1.165) is 59.9 Å².